The molecule has 1 aliphatic rings. The first-order chi connectivity index (χ1) is 13.2. The molecule has 2 rings (SSSR count). The van der Waals surface area contributed by atoms with Gasteiger partial charge in [0, 0.05) is 35.0 Å². The Labute approximate surface area is 165 Å². The highest BCUT2D eigenvalue weighted by atomic mass is 35.5. The molecule has 2 atom stereocenters. The molecule has 1 aromatic rings. The third-order valence-electron chi connectivity index (χ3n) is 4.76. The van der Waals surface area contributed by atoms with Crippen LogP contribution in [0.5, 0.6) is 0 Å². The number of benzene rings is 1. The van der Waals surface area contributed by atoms with Crippen LogP contribution in [-0.4, -0.2) is 28.1 Å². The second-order valence-corrected chi connectivity index (χ2v) is 6.84. The van der Waals surface area contributed by atoms with Crippen LogP contribution in [0.15, 0.2) is 24.0 Å². The normalized spacial score (nSPS) is 19.5. The summed E-state index contributed by atoms with van der Waals surface area (Å²) >= 11 is 6.18. The number of ketones is 1. The highest BCUT2D eigenvalue weighted by Gasteiger charge is 2.38. The molecule has 0 aromatic heterocycles. The number of non-ortho nitro benzene ring substituents is 1. The van der Waals surface area contributed by atoms with Crippen molar-refractivity contribution in [2.24, 2.45) is 11.8 Å². The van der Waals surface area contributed by atoms with E-state index < -0.39 is 22.4 Å². The summed E-state index contributed by atoms with van der Waals surface area (Å²) in [7, 11) is 0. The van der Waals surface area contributed by atoms with Crippen LogP contribution in [0.2, 0.25) is 5.02 Å². The van der Waals surface area contributed by atoms with Gasteiger partial charge in [-0.25, -0.2) is 4.79 Å². The molecule has 1 aromatic carbocycles. The van der Waals surface area contributed by atoms with Crippen molar-refractivity contribution >= 4 is 34.6 Å². The Morgan fingerprint density at radius 3 is 2.43 bits per heavy atom. The molecule has 0 fully saturated rings. The van der Waals surface area contributed by atoms with Crippen molar-refractivity contribution in [3.05, 3.63) is 54.8 Å². The third-order valence-corrected chi connectivity index (χ3v) is 5.07. The molecule has 2 unspecified atom stereocenters. The smallest absolute Gasteiger partial charge is 0.383 e. The highest BCUT2D eigenvalue weighted by Crippen LogP contribution is 2.43. The Balaban J connectivity index is 2.63. The van der Waals surface area contributed by atoms with Gasteiger partial charge in [-0.2, -0.15) is 0 Å². The fourth-order valence-corrected chi connectivity index (χ4v) is 3.73. The Morgan fingerprint density at radius 1 is 1.25 bits per heavy atom. The maximum absolute atomic E-state index is 12.8. The first-order valence-electron chi connectivity index (χ1n) is 8.73. The minimum Gasteiger partial charge on any atom is -0.425 e. The molecule has 0 amide bonds. The Morgan fingerprint density at radius 2 is 1.93 bits per heavy atom. The van der Waals surface area contributed by atoms with Crippen molar-refractivity contribution in [2.75, 3.05) is 6.54 Å². The van der Waals surface area contributed by atoms with Gasteiger partial charge in [0.2, 0.25) is 0 Å². The van der Waals surface area contributed by atoms with Gasteiger partial charge < -0.3 is 4.74 Å². The molecular formula is C18H19ClN2O7. The number of nitro groups is 2. The summed E-state index contributed by atoms with van der Waals surface area (Å²) in [5.74, 6) is -1.75. The average molecular weight is 411 g/mol. The summed E-state index contributed by atoms with van der Waals surface area (Å²) in [4.78, 5) is 44.9. The van der Waals surface area contributed by atoms with E-state index in [-0.39, 0.29) is 51.6 Å². The molecule has 28 heavy (non-hydrogen) atoms. The second-order valence-electron chi connectivity index (χ2n) is 6.44. The minimum atomic E-state index is -1.08. The van der Waals surface area contributed by atoms with Gasteiger partial charge in [0.05, 0.1) is 15.5 Å². The van der Waals surface area contributed by atoms with E-state index in [9.17, 15) is 29.8 Å². The van der Waals surface area contributed by atoms with Gasteiger partial charge in [0.25, 0.3) is 12.2 Å². The Kier molecular flexibility index (Phi) is 6.85. The lowest BCUT2D eigenvalue weighted by molar-refractivity contribution is -0.470. The van der Waals surface area contributed by atoms with Gasteiger partial charge >= 0.3 is 5.97 Å². The van der Waals surface area contributed by atoms with E-state index in [1.165, 1.54) is 12.1 Å². The first-order valence-corrected chi connectivity index (χ1v) is 9.11. The summed E-state index contributed by atoms with van der Waals surface area (Å²) in [5, 5.41) is 21.5. The quantitative estimate of drug-likeness (QED) is 0.379. The zero-order chi connectivity index (χ0) is 21.0. The van der Waals surface area contributed by atoms with Crippen molar-refractivity contribution in [3.8, 4) is 0 Å². The molecular weight excluding hydrogens is 392 g/mol. The first kappa shape index (κ1) is 21.5. The van der Waals surface area contributed by atoms with Crippen LogP contribution in [0.25, 0.3) is 5.57 Å². The van der Waals surface area contributed by atoms with E-state index in [0.29, 0.717) is 12.8 Å². The van der Waals surface area contributed by atoms with Gasteiger partial charge in [0.1, 0.15) is 5.76 Å². The number of ether oxygens (including phenoxy) is 1. The number of carbonyl (C=O) groups is 2. The number of hydrogen-bond donors (Lipinski definition) is 0. The van der Waals surface area contributed by atoms with Gasteiger partial charge in [-0.15, -0.1) is 0 Å². The molecule has 0 spiro atoms. The van der Waals surface area contributed by atoms with Crippen molar-refractivity contribution in [2.45, 2.75) is 33.1 Å². The van der Waals surface area contributed by atoms with Gasteiger partial charge in [-0.1, -0.05) is 31.9 Å². The summed E-state index contributed by atoms with van der Waals surface area (Å²) in [5.41, 5.74) is 0.00491. The predicted molar refractivity (Wildman–Crippen MR) is 100 cm³/mol. The lowest BCUT2D eigenvalue weighted by Gasteiger charge is -2.33. The second kappa shape index (κ2) is 8.92. The van der Waals surface area contributed by atoms with Crippen LogP contribution in [0, 0.1) is 32.1 Å². The van der Waals surface area contributed by atoms with Gasteiger partial charge in [-0.3, -0.25) is 25.0 Å². The van der Waals surface area contributed by atoms with Crippen molar-refractivity contribution < 1.29 is 24.2 Å². The number of nitrogens with zero attached hydrogens (tertiary/aromatic N) is 2. The van der Waals surface area contributed by atoms with Gasteiger partial charge in [0.15, 0.2) is 5.78 Å². The number of Topliss-reactive ketones (excluding diaryl/α,β-unsaturated/α-hetero) is 1. The molecule has 0 bridgehead atoms. The van der Waals surface area contributed by atoms with Crippen LogP contribution in [0.3, 0.4) is 0 Å². The monoisotopic (exact) mass is 410 g/mol. The summed E-state index contributed by atoms with van der Waals surface area (Å²) in [6.45, 7) is 2.73. The van der Waals surface area contributed by atoms with E-state index in [0.717, 1.165) is 6.07 Å². The molecule has 0 saturated carbocycles. The van der Waals surface area contributed by atoms with E-state index in [2.05, 4.69) is 0 Å². The van der Waals surface area contributed by atoms with E-state index in [1.807, 2.05) is 13.8 Å². The zero-order valence-electron chi connectivity index (χ0n) is 15.3. The van der Waals surface area contributed by atoms with Crippen LogP contribution >= 0.6 is 11.6 Å². The lowest BCUT2D eigenvalue weighted by atomic mass is 9.74. The number of esters is 1. The standard InChI is InChI=1S/C18H19ClN2O7/c1-3-10-7-15(22)17(13-6-5-11(21(26)27)8-14(13)19)18(12(10)4-2)28-16(23)9-20(24)25/h5-6,8,10,12H,3-4,7,9H2,1-2H3. The number of allylic oxidation sites excluding steroid dienone is 2. The molecule has 0 saturated heterocycles. The Hall–Kier alpha value is -2.81. The van der Waals surface area contributed by atoms with Crippen LogP contribution in [0.4, 0.5) is 5.69 Å². The Bertz CT molecular complexity index is 865. The maximum atomic E-state index is 12.8. The maximum Gasteiger partial charge on any atom is 0.383 e. The lowest BCUT2D eigenvalue weighted by Crippen LogP contribution is -2.31. The molecule has 0 aliphatic heterocycles. The van der Waals surface area contributed by atoms with Crippen molar-refractivity contribution in [1.82, 2.24) is 0 Å². The van der Waals surface area contributed by atoms with Crippen molar-refractivity contribution in [1.29, 1.82) is 0 Å². The topological polar surface area (TPSA) is 130 Å². The molecule has 9 nitrogen and oxygen atoms in total. The fraction of sp³-hybridized carbons (Fsp3) is 0.444. The highest BCUT2D eigenvalue weighted by molar-refractivity contribution is 6.35. The van der Waals surface area contributed by atoms with Crippen LogP contribution < -0.4 is 0 Å². The van der Waals surface area contributed by atoms with E-state index in [1.54, 1.807) is 0 Å². The summed E-state index contributed by atoms with van der Waals surface area (Å²) < 4.78 is 5.29. The number of nitro benzene ring substituents is 1. The fourth-order valence-electron chi connectivity index (χ4n) is 3.46. The molecule has 150 valence electrons. The zero-order valence-corrected chi connectivity index (χ0v) is 16.1. The summed E-state index contributed by atoms with van der Waals surface area (Å²) in [6.07, 6.45) is 1.40. The molecule has 0 N–H and O–H groups in total. The van der Waals surface area contributed by atoms with Crippen molar-refractivity contribution in [3.63, 3.8) is 0 Å². The van der Waals surface area contributed by atoms with Gasteiger partial charge in [-0.05, 0) is 18.4 Å². The average Bonchev–Trinajstić information content (AvgIpc) is 2.61. The van der Waals surface area contributed by atoms with E-state index in [4.69, 9.17) is 16.3 Å². The SMILES string of the molecule is CCC1CC(=O)C(c2ccc([N+](=O)[O-])cc2Cl)=C(OC(=O)C[N+](=O)[O-])C1CC. The minimum absolute atomic E-state index is 0.0369. The van der Waals surface area contributed by atoms with Crippen LogP contribution in [0.1, 0.15) is 38.7 Å². The number of halogens is 1. The number of hydrogen-bond acceptors (Lipinski definition) is 7. The molecule has 0 radical (unpaired) electrons. The summed E-state index contributed by atoms with van der Waals surface area (Å²) in [6, 6.07) is 3.64. The third kappa shape index (κ3) is 4.53. The number of rotatable bonds is 7. The largest absolute Gasteiger partial charge is 0.425 e. The number of carbonyl (C=O) groups excluding carboxylic acids is 2. The molecule has 0 heterocycles. The van der Waals surface area contributed by atoms with Crippen LogP contribution in [-0.2, 0) is 14.3 Å². The molecule has 10 heteroatoms. The predicted octanol–water partition coefficient (Wildman–Crippen LogP) is 3.80. The molecule has 1 aliphatic carbocycles. The van der Waals surface area contributed by atoms with E-state index >= 15 is 0 Å².